The second-order valence-electron chi connectivity index (χ2n) is 7.53. The van der Waals surface area contributed by atoms with E-state index in [9.17, 15) is 4.39 Å². The lowest BCUT2D eigenvalue weighted by Crippen LogP contribution is -2.47. The molecule has 0 aliphatic carbocycles. The first-order valence-electron chi connectivity index (χ1n) is 10.1. The van der Waals surface area contributed by atoms with E-state index in [-0.39, 0.29) is 11.9 Å². The Morgan fingerprint density at radius 2 is 1.52 bits per heavy atom. The summed E-state index contributed by atoms with van der Waals surface area (Å²) >= 11 is 0. The van der Waals surface area contributed by atoms with Crippen molar-refractivity contribution >= 4 is 17.5 Å². The average Bonchev–Trinajstić information content (AvgIpc) is 2.74. The van der Waals surface area contributed by atoms with Gasteiger partial charge >= 0.3 is 0 Å². The third-order valence-electron chi connectivity index (χ3n) is 5.00. The molecule has 29 heavy (non-hydrogen) atoms. The van der Waals surface area contributed by atoms with E-state index in [2.05, 4.69) is 41.1 Å². The summed E-state index contributed by atoms with van der Waals surface area (Å²) in [5, 5.41) is 3.33. The lowest BCUT2D eigenvalue weighted by Gasteiger charge is -2.37. The zero-order valence-corrected chi connectivity index (χ0v) is 16.8. The van der Waals surface area contributed by atoms with Gasteiger partial charge in [-0.1, -0.05) is 42.5 Å². The Labute approximate surface area is 171 Å². The van der Waals surface area contributed by atoms with Gasteiger partial charge in [0.2, 0.25) is 5.95 Å². The fraction of sp³-hybridized carbons (Fsp3) is 0.304. The first kappa shape index (κ1) is 19.2. The van der Waals surface area contributed by atoms with E-state index < -0.39 is 0 Å². The van der Waals surface area contributed by atoms with Gasteiger partial charge in [0.05, 0.1) is 11.4 Å². The molecule has 5 nitrogen and oxygen atoms in total. The fourth-order valence-corrected chi connectivity index (χ4v) is 3.56. The van der Waals surface area contributed by atoms with Crippen molar-refractivity contribution < 1.29 is 4.39 Å². The van der Waals surface area contributed by atoms with Crippen LogP contribution in [-0.2, 0) is 0 Å². The molecule has 0 unspecified atom stereocenters. The quantitative estimate of drug-likeness (QED) is 0.697. The molecule has 0 atom stereocenters. The molecule has 1 N–H and O–H groups in total. The van der Waals surface area contributed by atoms with Crippen molar-refractivity contribution in [2.75, 3.05) is 41.3 Å². The molecule has 0 amide bonds. The van der Waals surface area contributed by atoms with Gasteiger partial charge in [-0.25, -0.2) is 9.37 Å². The summed E-state index contributed by atoms with van der Waals surface area (Å²) in [5.74, 6) is 1.36. The van der Waals surface area contributed by atoms with Gasteiger partial charge in [0.25, 0.3) is 0 Å². The van der Waals surface area contributed by atoms with Crippen LogP contribution >= 0.6 is 0 Å². The van der Waals surface area contributed by atoms with E-state index in [1.54, 1.807) is 6.07 Å². The summed E-state index contributed by atoms with van der Waals surface area (Å²) in [6, 6.07) is 19.4. The molecule has 0 bridgehead atoms. The summed E-state index contributed by atoms with van der Waals surface area (Å²) in [4.78, 5) is 13.8. The van der Waals surface area contributed by atoms with Gasteiger partial charge in [0.1, 0.15) is 11.6 Å². The minimum Gasteiger partial charge on any atom is -0.366 e. The molecule has 3 aromatic rings. The second kappa shape index (κ2) is 8.47. The molecule has 1 aliphatic rings. The summed E-state index contributed by atoms with van der Waals surface area (Å²) in [5.41, 5.74) is 2.63. The maximum Gasteiger partial charge on any atom is 0.225 e. The molecular weight excluding hydrogens is 365 g/mol. The number of nitrogens with one attached hydrogen (secondary N) is 1. The van der Waals surface area contributed by atoms with Crippen molar-refractivity contribution in [1.82, 2.24) is 9.97 Å². The maximum absolute atomic E-state index is 14.1. The van der Waals surface area contributed by atoms with Crippen molar-refractivity contribution in [2.24, 2.45) is 0 Å². The number of hydrogen-bond acceptors (Lipinski definition) is 5. The summed E-state index contributed by atoms with van der Waals surface area (Å²) in [6.07, 6.45) is 0. The first-order valence-corrected chi connectivity index (χ1v) is 10.1. The third-order valence-corrected chi connectivity index (χ3v) is 5.00. The predicted octanol–water partition coefficient (Wildman–Crippen LogP) is 4.43. The van der Waals surface area contributed by atoms with E-state index in [0.29, 0.717) is 11.6 Å². The maximum atomic E-state index is 14.1. The van der Waals surface area contributed by atoms with Crippen LogP contribution in [0.25, 0.3) is 11.3 Å². The van der Waals surface area contributed by atoms with Gasteiger partial charge in [-0.15, -0.1) is 0 Å². The Bertz CT molecular complexity index is 952. The van der Waals surface area contributed by atoms with Crippen LogP contribution in [0.4, 0.5) is 21.8 Å². The Morgan fingerprint density at radius 3 is 2.21 bits per heavy atom. The standard InChI is InChI=1S/C23H26FN5/c1-17(2)25-23-26-20(18-8-4-3-5-9-18)16-22(27-23)29-14-12-28(13-15-29)21-11-7-6-10-19(21)24/h3-11,16-17H,12-15H2,1-2H3,(H,25,26,27). The normalized spacial score (nSPS) is 14.3. The molecule has 0 radical (unpaired) electrons. The summed E-state index contributed by atoms with van der Waals surface area (Å²) in [7, 11) is 0. The van der Waals surface area contributed by atoms with Crippen LogP contribution in [0.2, 0.25) is 0 Å². The van der Waals surface area contributed by atoms with Crippen LogP contribution in [0.1, 0.15) is 13.8 Å². The number of halogens is 1. The summed E-state index contributed by atoms with van der Waals surface area (Å²) < 4.78 is 14.1. The van der Waals surface area contributed by atoms with Crippen molar-refractivity contribution in [3.05, 3.63) is 66.5 Å². The van der Waals surface area contributed by atoms with E-state index in [1.165, 1.54) is 6.07 Å². The molecule has 1 aliphatic heterocycles. The Morgan fingerprint density at radius 1 is 0.862 bits per heavy atom. The molecule has 6 heteroatoms. The largest absolute Gasteiger partial charge is 0.366 e. The first-order chi connectivity index (χ1) is 14.1. The number of rotatable bonds is 5. The van der Waals surface area contributed by atoms with Crippen LogP contribution in [-0.4, -0.2) is 42.2 Å². The van der Waals surface area contributed by atoms with Crippen molar-refractivity contribution in [2.45, 2.75) is 19.9 Å². The zero-order chi connectivity index (χ0) is 20.2. The lowest BCUT2D eigenvalue weighted by molar-refractivity contribution is 0.596. The van der Waals surface area contributed by atoms with E-state index >= 15 is 0 Å². The number of piperazine rings is 1. The number of benzene rings is 2. The highest BCUT2D eigenvalue weighted by Crippen LogP contribution is 2.26. The van der Waals surface area contributed by atoms with Crippen LogP contribution in [0, 0.1) is 5.82 Å². The van der Waals surface area contributed by atoms with Crippen LogP contribution in [0.5, 0.6) is 0 Å². The Hall–Kier alpha value is -3.15. The molecule has 0 saturated carbocycles. The van der Waals surface area contributed by atoms with E-state index in [4.69, 9.17) is 9.97 Å². The lowest BCUT2D eigenvalue weighted by atomic mass is 10.1. The van der Waals surface area contributed by atoms with Crippen molar-refractivity contribution in [3.8, 4) is 11.3 Å². The third kappa shape index (κ3) is 4.47. The van der Waals surface area contributed by atoms with Crippen LogP contribution < -0.4 is 15.1 Å². The minimum atomic E-state index is -0.169. The van der Waals surface area contributed by atoms with Gasteiger partial charge in [0.15, 0.2) is 0 Å². The van der Waals surface area contributed by atoms with Gasteiger partial charge < -0.3 is 15.1 Å². The Balaban J connectivity index is 1.57. The molecule has 1 saturated heterocycles. The average molecular weight is 391 g/mol. The van der Waals surface area contributed by atoms with Gasteiger partial charge in [-0.05, 0) is 26.0 Å². The number of aromatic nitrogens is 2. The highest BCUT2D eigenvalue weighted by Gasteiger charge is 2.21. The molecular formula is C23H26FN5. The summed E-state index contributed by atoms with van der Waals surface area (Å²) in [6.45, 7) is 7.20. The molecule has 0 spiro atoms. The monoisotopic (exact) mass is 391 g/mol. The topological polar surface area (TPSA) is 44.3 Å². The highest BCUT2D eigenvalue weighted by molar-refractivity contribution is 5.65. The van der Waals surface area contributed by atoms with Crippen molar-refractivity contribution in [1.29, 1.82) is 0 Å². The van der Waals surface area contributed by atoms with Crippen LogP contribution in [0.3, 0.4) is 0 Å². The smallest absolute Gasteiger partial charge is 0.225 e. The SMILES string of the molecule is CC(C)Nc1nc(-c2ccccc2)cc(N2CCN(c3ccccc3F)CC2)n1. The van der Waals surface area contributed by atoms with Gasteiger partial charge in [0, 0.05) is 43.9 Å². The van der Waals surface area contributed by atoms with Crippen LogP contribution in [0.15, 0.2) is 60.7 Å². The number of anilines is 3. The fourth-order valence-electron chi connectivity index (χ4n) is 3.56. The van der Waals surface area contributed by atoms with Gasteiger partial charge in [-0.2, -0.15) is 4.98 Å². The Kier molecular flexibility index (Phi) is 5.60. The van der Waals surface area contributed by atoms with Gasteiger partial charge in [-0.3, -0.25) is 0 Å². The second-order valence-corrected chi connectivity index (χ2v) is 7.53. The van der Waals surface area contributed by atoms with E-state index in [1.807, 2.05) is 36.4 Å². The number of nitrogens with zero attached hydrogens (tertiary/aromatic N) is 4. The minimum absolute atomic E-state index is 0.169. The number of para-hydroxylation sites is 1. The highest BCUT2D eigenvalue weighted by atomic mass is 19.1. The molecule has 2 aromatic carbocycles. The molecule has 1 fully saturated rings. The molecule has 4 rings (SSSR count). The zero-order valence-electron chi connectivity index (χ0n) is 16.8. The number of hydrogen-bond donors (Lipinski definition) is 1. The predicted molar refractivity (Wildman–Crippen MR) is 117 cm³/mol. The van der Waals surface area contributed by atoms with Crippen molar-refractivity contribution in [3.63, 3.8) is 0 Å². The van der Waals surface area contributed by atoms with E-state index in [0.717, 1.165) is 43.3 Å². The molecule has 1 aromatic heterocycles. The molecule has 150 valence electrons. The molecule has 2 heterocycles.